The molecule has 0 bridgehead atoms. The minimum absolute atomic E-state index is 0.226. The molecule has 0 aliphatic carbocycles. The van der Waals surface area contributed by atoms with Crippen LogP contribution in [0.2, 0.25) is 0 Å². The van der Waals surface area contributed by atoms with E-state index in [4.69, 9.17) is 20.2 Å². The Morgan fingerprint density at radius 1 is 1.14 bits per heavy atom. The maximum absolute atomic E-state index is 12.8. The minimum Gasteiger partial charge on any atom is -0.493 e. The van der Waals surface area contributed by atoms with Crippen molar-refractivity contribution >= 4 is 28.1 Å². The van der Waals surface area contributed by atoms with Gasteiger partial charge < -0.3 is 25.5 Å². The van der Waals surface area contributed by atoms with Crippen molar-refractivity contribution < 1.29 is 9.47 Å². The fraction of sp³-hybridized carbons (Fsp3) is 0.296. The van der Waals surface area contributed by atoms with E-state index in [2.05, 4.69) is 20.2 Å². The normalized spacial score (nSPS) is 13.7. The number of nitrogen functional groups attached to an aromatic ring is 1. The molecule has 4 aromatic rings. The summed E-state index contributed by atoms with van der Waals surface area (Å²) in [5.41, 5.74) is 8.84. The van der Waals surface area contributed by atoms with Crippen molar-refractivity contribution in [1.29, 1.82) is 0 Å². The monoisotopic (exact) mass is 486 g/mol. The van der Waals surface area contributed by atoms with Gasteiger partial charge in [0.2, 0.25) is 0 Å². The van der Waals surface area contributed by atoms with Crippen LogP contribution in [0.5, 0.6) is 11.5 Å². The van der Waals surface area contributed by atoms with Crippen molar-refractivity contribution in [1.82, 2.24) is 19.9 Å². The second kappa shape index (κ2) is 10.2. The van der Waals surface area contributed by atoms with Gasteiger partial charge in [0.05, 0.1) is 18.2 Å². The first-order valence-electron chi connectivity index (χ1n) is 12.1. The lowest BCUT2D eigenvalue weighted by Gasteiger charge is -2.17. The van der Waals surface area contributed by atoms with Crippen molar-refractivity contribution in [2.75, 3.05) is 44.4 Å². The predicted octanol–water partition coefficient (Wildman–Crippen LogP) is 4.10. The Morgan fingerprint density at radius 3 is 2.78 bits per heavy atom. The summed E-state index contributed by atoms with van der Waals surface area (Å²) in [7, 11) is 1.54. The number of nitrogens with two attached hydrogens (primary N) is 1. The first-order valence-corrected chi connectivity index (χ1v) is 12.1. The van der Waals surface area contributed by atoms with Crippen LogP contribution in [0, 0.1) is 6.92 Å². The van der Waals surface area contributed by atoms with Crippen LogP contribution in [0.25, 0.3) is 22.0 Å². The van der Waals surface area contributed by atoms with Crippen molar-refractivity contribution in [3.05, 3.63) is 64.7 Å². The second-order valence-corrected chi connectivity index (χ2v) is 8.94. The van der Waals surface area contributed by atoms with E-state index in [1.165, 1.54) is 12.8 Å². The Morgan fingerprint density at radius 2 is 1.97 bits per heavy atom. The molecule has 4 heterocycles. The van der Waals surface area contributed by atoms with Crippen LogP contribution in [0.1, 0.15) is 18.4 Å². The number of hydrogen-bond acceptors (Lipinski definition) is 8. The van der Waals surface area contributed by atoms with Crippen LogP contribution in [-0.2, 0) is 0 Å². The summed E-state index contributed by atoms with van der Waals surface area (Å²) in [6.45, 7) is 5.85. The molecule has 1 aliphatic heterocycles. The van der Waals surface area contributed by atoms with E-state index in [1.54, 1.807) is 25.6 Å². The van der Waals surface area contributed by atoms with Crippen LogP contribution in [0.3, 0.4) is 0 Å². The summed E-state index contributed by atoms with van der Waals surface area (Å²) in [6, 6.07) is 11.4. The topological polar surface area (TPSA) is 118 Å². The lowest BCUT2D eigenvalue weighted by molar-refractivity contribution is 0.237. The van der Waals surface area contributed by atoms with E-state index in [1.807, 2.05) is 37.3 Å². The molecule has 36 heavy (non-hydrogen) atoms. The predicted molar refractivity (Wildman–Crippen MR) is 142 cm³/mol. The van der Waals surface area contributed by atoms with Crippen molar-refractivity contribution in [2.24, 2.45) is 0 Å². The lowest BCUT2D eigenvalue weighted by Crippen LogP contribution is -2.25. The van der Waals surface area contributed by atoms with E-state index < -0.39 is 0 Å². The van der Waals surface area contributed by atoms with Gasteiger partial charge in [0, 0.05) is 36.3 Å². The number of pyridine rings is 3. The maximum Gasteiger partial charge on any atom is 0.259 e. The standard InChI is InChI=1S/C27H30N6O3/c1-17-5-6-20(15-22(17)36-12-11-33-9-3-4-10-33)31-26-24-18(7-8-29-27(24)34)13-21(32-26)19-14-23(35-2)25(28)30-16-19/h5-8,13-16H,3-4,9-12H2,1-2H3,(H2,28,30)(H,29,34)(H,31,32). The fourth-order valence-electron chi connectivity index (χ4n) is 4.47. The number of aromatic nitrogens is 3. The fourth-order valence-corrected chi connectivity index (χ4v) is 4.47. The Labute approximate surface area is 209 Å². The van der Waals surface area contributed by atoms with E-state index in [0.717, 1.165) is 47.6 Å². The van der Waals surface area contributed by atoms with Crippen molar-refractivity contribution in [2.45, 2.75) is 19.8 Å². The number of hydrogen-bond donors (Lipinski definition) is 3. The molecular weight excluding hydrogens is 456 g/mol. The molecule has 0 atom stereocenters. The summed E-state index contributed by atoms with van der Waals surface area (Å²) in [4.78, 5) is 26.9. The zero-order valence-electron chi connectivity index (χ0n) is 20.5. The molecular formula is C27H30N6O3. The highest BCUT2D eigenvalue weighted by Gasteiger charge is 2.15. The van der Waals surface area contributed by atoms with Gasteiger partial charge in [-0.05, 0) is 68.1 Å². The number of benzene rings is 1. The number of H-pyrrole nitrogens is 1. The van der Waals surface area contributed by atoms with Gasteiger partial charge in [-0.15, -0.1) is 0 Å². The average Bonchev–Trinajstić information content (AvgIpc) is 3.40. The molecule has 0 spiro atoms. The zero-order chi connectivity index (χ0) is 25.1. The molecule has 3 aromatic heterocycles. The van der Waals surface area contributed by atoms with Crippen molar-refractivity contribution in [3.63, 3.8) is 0 Å². The number of nitrogens with zero attached hydrogens (tertiary/aromatic N) is 3. The van der Waals surface area contributed by atoms with Gasteiger partial charge in [-0.3, -0.25) is 9.69 Å². The number of rotatable bonds is 8. The largest absolute Gasteiger partial charge is 0.493 e. The Hall–Kier alpha value is -4.11. The van der Waals surface area contributed by atoms with Crippen LogP contribution >= 0.6 is 0 Å². The third-order valence-corrected chi connectivity index (χ3v) is 6.47. The van der Waals surface area contributed by atoms with Crippen LogP contribution < -0.4 is 26.1 Å². The molecule has 4 N–H and O–H groups in total. The van der Waals surface area contributed by atoms with Gasteiger partial charge in [-0.1, -0.05) is 6.07 Å². The molecule has 9 nitrogen and oxygen atoms in total. The molecule has 0 radical (unpaired) electrons. The number of likely N-dealkylation sites (tertiary alicyclic amines) is 1. The third kappa shape index (κ3) is 4.96. The molecule has 1 aromatic carbocycles. The SMILES string of the molecule is COc1cc(-c2cc3cc[nH]c(=O)c3c(Nc3ccc(C)c(OCCN4CCCC4)c3)n2)cnc1N. The second-order valence-electron chi connectivity index (χ2n) is 8.94. The Bertz CT molecular complexity index is 1450. The van der Waals surface area contributed by atoms with Gasteiger partial charge in [0.25, 0.3) is 5.56 Å². The molecule has 5 rings (SSSR count). The molecule has 0 amide bonds. The van der Waals surface area contributed by atoms with Crippen LogP contribution in [0.4, 0.5) is 17.3 Å². The van der Waals surface area contributed by atoms with Gasteiger partial charge >= 0.3 is 0 Å². The van der Waals surface area contributed by atoms with Gasteiger partial charge in [-0.25, -0.2) is 9.97 Å². The first-order chi connectivity index (χ1) is 17.5. The smallest absolute Gasteiger partial charge is 0.259 e. The van der Waals surface area contributed by atoms with E-state index in [-0.39, 0.29) is 5.56 Å². The van der Waals surface area contributed by atoms with Crippen LogP contribution in [0.15, 0.2) is 53.6 Å². The number of aromatic amines is 1. The minimum atomic E-state index is -0.226. The van der Waals surface area contributed by atoms with E-state index in [0.29, 0.717) is 35.1 Å². The molecule has 1 saturated heterocycles. The van der Waals surface area contributed by atoms with Gasteiger partial charge in [-0.2, -0.15) is 0 Å². The number of aryl methyl sites for hydroxylation is 1. The third-order valence-electron chi connectivity index (χ3n) is 6.47. The Balaban J connectivity index is 1.47. The number of anilines is 3. The quantitative estimate of drug-likeness (QED) is 0.341. The molecule has 0 unspecified atom stereocenters. The van der Waals surface area contributed by atoms with Crippen molar-refractivity contribution in [3.8, 4) is 22.8 Å². The highest BCUT2D eigenvalue weighted by atomic mass is 16.5. The summed E-state index contributed by atoms with van der Waals surface area (Å²) in [5.74, 6) is 2.01. The van der Waals surface area contributed by atoms with Crippen LogP contribution in [-0.4, -0.2) is 53.2 Å². The maximum atomic E-state index is 12.8. The average molecular weight is 487 g/mol. The Kier molecular flexibility index (Phi) is 6.73. The van der Waals surface area contributed by atoms with E-state index in [9.17, 15) is 4.79 Å². The first kappa shape index (κ1) is 23.6. The van der Waals surface area contributed by atoms with Gasteiger partial charge in [0.15, 0.2) is 11.6 Å². The number of fused-ring (bicyclic) bond motifs is 1. The lowest BCUT2D eigenvalue weighted by atomic mass is 10.1. The molecule has 0 saturated carbocycles. The summed E-state index contributed by atoms with van der Waals surface area (Å²) < 4.78 is 11.4. The number of nitrogens with one attached hydrogen (secondary N) is 2. The molecule has 1 fully saturated rings. The summed E-state index contributed by atoms with van der Waals surface area (Å²) in [5, 5.41) is 4.55. The summed E-state index contributed by atoms with van der Waals surface area (Å²) >= 11 is 0. The molecule has 9 heteroatoms. The number of ether oxygens (including phenoxy) is 2. The van der Waals surface area contributed by atoms with Gasteiger partial charge in [0.1, 0.15) is 18.2 Å². The molecule has 186 valence electrons. The zero-order valence-corrected chi connectivity index (χ0v) is 20.5. The summed E-state index contributed by atoms with van der Waals surface area (Å²) in [6.07, 6.45) is 5.78. The highest BCUT2D eigenvalue weighted by molar-refractivity contribution is 5.95. The van der Waals surface area contributed by atoms with E-state index >= 15 is 0 Å². The number of methoxy groups -OCH3 is 1. The molecule has 1 aliphatic rings. The highest BCUT2D eigenvalue weighted by Crippen LogP contribution is 2.32.